The fraction of sp³-hybridized carbons (Fsp3) is 0.500. The number of cyclic esters (lactones) is 1. The first kappa shape index (κ1) is 8.84. The summed E-state index contributed by atoms with van der Waals surface area (Å²) in [6.45, 7) is 2.18. The number of halogens is 2. The Morgan fingerprint density at radius 3 is 2.64 bits per heavy atom. The smallest absolute Gasteiger partial charge is 0.353 e. The summed E-state index contributed by atoms with van der Waals surface area (Å²) >= 11 is 11.0. The van der Waals surface area contributed by atoms with Crippen LogP contribution in [0, 0.1) is 0 Å². The van der Waals surface area contributed by atoms with Crippen LogP contribution < -0.4 is 0 Å². The zero-order valence-electron chi connectivity index (χ0n) is 5.77. The fourth-order valence-electron chi connectivity index (χ4n) is 0.660. The highest BCUT2D eigenvalue weighted by Gasteiger charge is 2.32. The van der Waals surface area contributed by atoms with Gasteiger partial charge >= 0.3 is 5.97 Å². The summed E-state index contributed by atoms with van der Waals surface area (Å²) in [7, 11) is 0. The molecule has 0 aliphatic carbocycles. The van der Waals surface area contributed by atoms with E-state index in [2.05, 4.69) is 4.74 Å². The maximum absolute atomic E-state index is 10.7. The van der Waals surface area contributed by atoms with Crippen molar-refractivity contribution < 1.29 is 14.3 Å². The molecule has 1 rings (SSSR count). The van der Waals surface area contributed by atoms with Gasteiger partial charge in [-0.05, 0) is 6.92 Å². The zero-order chi connectivity index (χ0) is 8.43. The molecule has 1 heterocycles. The van der Waals surface area contributed by atoms with E-state index in [1.165, 1.54) is 0 Å². The van der Waals surface area contributed by atoms with Crippen molar-refractivity contribution in [1.29, 1.82) is 0 Å². The molecule has 1 aliphatic rings. The Morgan fingerprint density at radius 1 is 1.64 bits per heavy atom. The average molecular weight is 197 g/mol. The van der Waals surface area contributed by atoms with Crippen molar-refractivity contribution in [3.05, 3.63) is 10.1 Å². The molecule has 0 aromatic rings. The summed E-state index contributed by atoms with van der Waals surface area (Å²) in [4.78, 5) is 10.7. The van der Waals surface area contributed by atoms with E-state index in [0.717, 1.165) is 0 Å². The van der Waals surface area contributed by atoms with Crippen LogP contribution in [0.15, 0.2) is 10.1 Å². The quantitative estimate of drug-likeness (QED) is 0.630. The Morgan fingerprint density at radius 2 is 2.27 bits per heavy atom. The van der Waals surface area contributed by atoms with Crippen LogP contribution in [0.2, 0.25) is 0 Å². The molecule has 0 spiro atoms. The molecule has 5 heteroatoms. The Balaban J connectivity index is 2.69. The Labute approximate surface area is 73.9 Å². The highest BCUT2D eigenvalue weighted by Crippen LogP contribution is 2.28. The van der Waals surface area contributed by atoms with Gasteiger partial charge in [0.1, 0.15) is 10.1 Å². The monoisotopic (exact) mass is 196 g/mol. The number of hydrogen-bond acceptors (Lipinski definition) is 3. The standard InChI is InChI=1S/C6H6Cl2O3/c1-2-10-6-4(8)3(7)5(9)11-6/h6H,2H2,1H3. The summed E-state index contributed by atoms with van der Waals surface area (Å²) < 4.78 is 9.57. The molecule has 0 fully saturated rings. The maximum Gasteiger partial charge on any atom is 0.353 e. The van der Waals surface area contributed by atoms with Crippen LogP contribution in [0.4, 0.5) is 0 Å². The maximum atomic E-state index is 10.7. The van der Waals surface area contributed by atoms with Crippen molar-refractivity contribution in [2.75, 3.05) is 6.61 Å². The lowest BCUT2D eigenvalue weighted by atomic mass is 10.5. The lowest BCUT2D eigenvalue weighted by Gasteiger charge is -2.08. The molecule has 0 radical (unpaired) electrons. The molecule has 0 amide bonds. The minimum atomic E-state index is -0.804. The van der Waals surface area contributed by atoms with Crippen molar-refractivity contribution in [3.63, 3.8) is 0 Å². The molecule has 1 unspecified atom stereocenters. The van der Waals surface area contributed by atoms with E-state index in [0.29, 0.717) is 6.61 Å². The van der Waals surface area contributed by atoms with Gasteiger partial charge in [-0.15, -0.1) is 0 Å². The van der Waals surface area contributed by atoms with Crippen molar-refractivity contribution >= 4 is 29.2 Å². The predicted molar refractivity (Wildman–Crippen MR) is 40.2 cm³/mol. The molecule has 0 bridgehead atoms. The third kappa shape index (κ3) is 1.67. The van der Waals surface area contributed by atoms with E-state index in [1.54, 1.807) is 6.92 Å². The van der Waals surface area contributed by atoms with E-state index in [4.69, 9.17) is 27.9 Å². The molecular weight excluding hydrogens is 191 g/mol. The number of rotatable bonds is 2. The number of hydrogen-bond donors (Lipinski definition) is 0. The Bertz CT molecular complexity index is 212. The second-order valence-electron chi connectivity index (χ2n) is 1.85. The van der Waals surface area contributed by atoms with Crippen LogP contribution in [0.3, 0.4) is 0 Å². The van der Waals surface area contributed by atoms with Gasteiger partial charge in [0, 0.05) is 6.61 Å². The molecule has 0 saturated heterocycles. The second-order valence-corrected chi connectivity index (χ2v) is 2.64. The van der Waals surface area contributed by atoms with Crippen molar-refractivity contribution in [1.82, 2.24) is 0 Å². The molecule has 1 aliphatic heterocycles. The lowest BCUT2D eigenvalue weighted by molar-refractivity contribution is -0.158. The van der Waals surface area contributed by atoms with Crippen LogP contribution in [0.1, 0.15) is 6.92 Å². The van der Waals surface area contributed by atoms with Gasteiger partial charge in [0.25, 0.3) is 0 Å². The van der Waals surface area contributed by atoms with Crippen molar-refractivity contribution in [2.45, 2.75) is 13.2 Å². The summed E-state index contributed by atoms with van der Waals surface area (Å²) in [6.07, 6.45) is -0.804. The van der Waals surface area contributed by atoms with Crippen molar-refractivity contribution in [3.8, 4) is 0 Å². The van der Waals surface area contributed by atoms with Gasteiger partial charge in [-0.25, -0.2) is 4.79 Å². The minimum absolute atomic E-state index is 0.0925. The predicted octanol–water partition coefficient (Wildman–Crippen LogP) is 1.59. The molecule has 0 aromatic heterocycles. The van der Waals surface area contributed by atoms with Crippen molar-refractivity contribution in [2.24, 2.45) is 0 Å². The average Bonchev–Trinajstić information content (AvgIpc) is 2.19. The SMILES string of the molecule is CCOC1OC(=O)C(Cl)=C1Cl. The number of ether oxygens (including phenoxy) is 2. The van der Waals surface area contributed by atoms with Gasteiger partial charge in [-0.3, -0.25) is 0 Å². The minimum Gasteiger partial charge on any atom is -0.426 e. The summed E-state index contributed by atoms with van der Waals surface area (Å²) in [5.41, 5.74) is 0. The van der Waals surface area contributed by atoms with Gasteiger partial charge in [0.05, 0.1) is 0 Å². The van der Waals surface area contributed by atoms with Crippen LogP contribution in [-0.2, 0) is 14.3 Å². The normalized spacial score (nSPS) is 24.3. The van der Waals surface area contributed by atoms with Crippen LogP contribution >= 0.6 is 23.2 Å². The van der Waals surface area contributed by atoms with Gasteiger partial charge in [0.15, 0.2) is 0 Å². The second kappa shape index (κ2) is 3.43. The summed E-state index contributed by atoms with van der Waals surface area (Å²) in [5, 5.41) is 0.0311. The highest BCUT2D eigenvalue weighted by molar-refractivity contribution is 6.48. The number of carbonyl (C=O) groups is 1. The molecule has 1 atom stereocenters. The largest absolute Gasteiger partial charge is 0.426 e. The topological polar surface area (TPSA) is 35.5 Å². The van der Waals surface area contributed by atoms with E-state index in [9.17, 15) is 4.79 Å². The summed E-state index contributed by atoms with van der Waals surface area (Å²) in [5.74, 6) is -0.630. The highest BCUT2D eigenvalue weighted by atomic mass is 35.5. The van der Waals surface area contributed by atoms with Gasteiger partial charge in [-0.2, -0.15) is 0 Å². The van der Waals surface area contributed by atoms with E-state index in [1.807, 2.05) is 0 Å². The van der Waals surface area contributed by atoms with Gasteiger partial charge in [-0.1, -0.05) is 23.2 Å². The van der Waals surface area contributed by atoms with Gasteiger partial charge in [0.2, 0.25) is 6.29 Å². The summed E-state index contributed by atoms with van der Waals surface area (Å²) in [6, 6.07) is 0. The van der Waals surface area contributed by atoms with Crippen LogP contribution in [0.5, 0.6) is 0 Å². The molecule has 0 N–H and O–H groups in total. The number of carbonyl (C=O) groups excluding carboxylic acids is 1. The van der Waals surface area contributed by atoms with E-state index in [-0.39, 0.29) is 10.1 Å². The Kier molecular flexibility index (Phi) is 2.76. The molecule has 62 valence electrons. The molecule has 0 aromatic carbocycles. The van der Waals surface area contributed by atoms with Crippen LogP contribution in [0.25, 0.3) is 0 Å². The fourth-order valence-corrected chi connectivity index (χ4v) is 0.979. The molecule has 0 saturated carbocycles. The van der Waals surface area contributed by atoms with Crippen LogP contribution in [-0.4, -0.2) is 18.9 Å². The first-order chi connectivity index (χ1) is 5.16. The van der Waals surface area contributed by atoms with Gasteiger partial charge < -0.3 is 9.47 Å². The first-order valence-corrected chi connectivity index (χ1v) is 3.80. The lowest BCUT2D eigenvalue weighted by Crippen LogP contribution is -2.13. The molecule has 3 nitrogen and oxygen atoms in total. The first-order valence-electron chi connectivity index (χ1n) is 3.04. The molecule has 11 heavy (non-hydrogen) atoms. The number of esters is 1. The third-order valence-corrected chi connectivity index (χ3v) is 1.95. The third-order valence-electron chi connectivity index (χ3n) is 1.13. The molecular formula is C6H6Cl2O3. The van der Waals surface area contributed by atoms with E-state index >= 15 is 0 Å². The zero-order valence-corrected chi connectivity index (χ0v) is 7.28. The Hall–Kier alpha value is -0.250. The van der Waals surface area contributed by atoms with E-state index < -0.39 is 12.3 Å².